The average molecular weight is 464 g/mol. The van der Waals surface area contributed by atoms with Crippen molar-refractivity contribution in [1.29, 1.82) is 0 Å². The molecule has 172 valence electrons. The van der Waals surface area contributed by atoms with Crippen LogP contribution in [0.15, 0.2) is 27.7 Å². The molecule has 2 aliphatic rings. The zero-order valence-corrected chi connectivity index (χ0v) is 19.2. The highest BCUT2D eigenvalue weighted by molar-refractivity contribution is 6.30. The van der Waals surface area contributed by atoms with Gasteiger partial charge in [-0.2, -0.15) is 0 Å². The van der Waals surface area contributed by atoms with Crippen molar-refractivity contribution in [3.05, 3.63) is 44.5 Å². The molecule has 0 bridgehead atoms. The van der Waals surface area contributed by atoms with E-state index in [-0.39, 0.29) is 22.7 Å². The number of carboxylic acid groups (broad SMARTS) is 1. The Morgan fingerprint density at radius 2 is 1.97 bits per heavy atom. The molecule has 0 amide bonds. The first-order valence-electron chi connectivity index (χ1n) is 10.7. The summed E-state index contributed by atoms with van der Waals surface area (Å²) >= 11 is 6.47. The quantitative estimate of drug-likeness (QED) is 0.701. The summed E-state index contributed by atoms with van der Waals surface area (Å²) in [6, 6.07) is 1.23. The van der Waals surface area contributed by atoms with Gasteiger partial charge < -0.3 is 24.2 Å². The van der Waals surface area contributed by atoms with Gasteiger partial charge in [-0.05, 0) is 45.8 Å². The number of carboxylic acids is 1. The van der Waals surface area contributed by atoms with Crippen molar-refractivity contribution in [1.82, 2.24) is 9.47 Å². The third kappa shape index (κ3) is 4.09. The number of hydrogen-bond donors (Lipinski definition) is 1. The van der Waals surface area contributed by atoms with Crippen LogP contribution in [-0.4, -0.2) is 61.4 Å². The molecule has 2 fully saturated rings. The van der Waals surface area contributed by atoms with Crippen molar-refractivity contribution in [2.45, 2.75) is 31.7 Å². The zero-order valence-electron chi connectivity index (χ0n) is 18.5. The molecule has 2 heterocycles. The molecule has 1 saturated carbocycles. The Bertz CT molecular complexity index is 1160. The van der Waals surface area contributed by atoms with E-state index in [0.717, 1.165) is 29.5 Å². The average Bonchev–Trinajstić information content (AvgIpc) is 3.58. The highest BCUT2D eigenvalue weighted by Crippen LogP contribution is 2.44. The van der Waals surface area contributed by atoms with Crippen LogP contribution < -0.4 is 15.1 Å². The fourth-order valence-electron chi connectivity index (χ4n) is 4.39. The number of aromatic carboxylic acids is 1. The molecule has 2 aromatic rings. The van der Waals surface area contributed by atoms with E-state index in [9.17, 15) is 14.7 Å². The summed E-state index contributed by atoms with van der Waals surface area (Å²) in [6.07, 6.45) is 4.53. The van der Waals surface area contributed by atoms with Gasteiger partial charge in [0.25, 0.3) is 0 Å². The number of pyridine rings is 1. The largest absolute Gasteiger partial charge is 0.492 e. The molecule has 1 aliphatic heterocycles. The lowest BCUT2D eigenvalue weighted by Crippen LogP contribution is -2.32. The third-order valence-corrected chi connectivity index (χ3v) is 6.48. The Labute approximate surface area is 190 Å². The third-order valence-electron chi connectivity index (χ3n) is 6.09. The van der Waals surface area contributed by atoms with E-state index in [4.69, 9.17) is 16.3 Å². The molecule has 0 spiro atoms. The fraction of sp³-hybridized carbons (Fsp3) is 0.478. The molecule has 1 aromatic carbocycles. The minimum Gasteiger partial charge on any atom is -0.492 e. The van der Waals surface area contributed by atoms with E-state index >= 15 is 4.39 Å². The molecule has 1 saturated heterocycles. The van der Waals surface area contributed by atoms with Gasteiger partial charge in [0.15, 0.2) is 11.6 Å². The number of hydrogen-bond acceptors (Lipinski definition) is 5. The van der Waals surface area contributed by atoms with Crippen molar-refractivity contribution in [3.8, 4) is 5.75 Å². The molecule has 0 unspecified atom stereocenters. The molecule has 1 aliphatic carbocycles. The van der Waals surface area contributed by atoms with Crippen LogP contribution in [0.4, 0.5) is 10.1 Å². The number of anilines is 1. The van der Waals surface area contributed by atoms with E-state index in [1.165, 1.54) is 13.3 Å². The number of nitrogens with zero attached hydrogens (tertiary/aromatic N) is 3. The van der Waals surface area contributed by atoms with Crippen LogP contribution in [-0.2, 0) is 0 Å². The van der Waals surface area contributed by atoms with Crippen LogP contribution in [0, 0.1) is 5.82 Å². The number of carbonyl (C=O) groups is 1. The maximum atomic E-state index is 15.4. The van der Waals surface area contributed by atoms with Crippen LogP contribution in [0.5, 0.6) is 5.75 Å². The number of benzene rings is 1. The van der Waals surface area contributed by atoms with Crippen molar-refractivity contribution in [2.75, 3.05) is 45.7 Å². The van der Waals surface area contributed by atoms with Crippen molar-refractivity contribution in [3.63, 3.8) is 0 Å². The lowest BCUT2D eigenvalue weighted by atomic mass is 10.0. The molecule has 32 heavy (non-hydrogen) atoms. The summed E-state index contributed by atoms with van der Waals surface area (Å²) in [6.45, 7) is 1.81. The Morgan fingerprint density at radius 1 is 1.31 bits per heavy atom. The van der Waals surface area contributed by atoms with Crippen molar-refractivity contribution >= 4 is 34.2 Å². The maximum absolute atomic E-state index is 15.4. The smallest absolute Gasteiger partial charge is 0.341 e. The molecule has 4 rings (SSSR count). The summed E-state index contributed by atoms with van der Waals surface area (Å²) in [5.74, 6) is -1.64. The standard InChI is InChI=1S/C23H27ClFN3O4/c1-26(2)12-17(24)13-6-8-27(9-7-13)20-18(25)10-15-19(22(20)32-3)28(14-4-5-14)11-16(21(15)29)23(30)31/h10-11,14H,4-9,12H2,1-3H3,(H,30,31). The number of fused-ring (bicyclic) bond motifs is 1. The van der Waals surface area contributed by atoms with Gasteiger partial charge in [0.2, 0.25) is 5.43 Å². The van der Waals surface area contributed by atoms with Gasteiger partial charge in [-0.15, -0.1) is 0 Å². The second kappa shape index (κ2) is 8.75. The minimum atomic E-state index is -1.32. The molecule has 0 atom stereocenters. The zero-order chi connectivity index (χ0) is 23.2. The van der Waals surface area contributed by atoms with Gasteiger partial charge in [-0.25, -0.2) is 9.18 Å². The topological polar surface area (TPSA) is 75.0 Å². The first-order chi connectivity index (χ1) is 15.2. The Kier molecular flexibility index (Phi) is 6.18. The number of likely N-dealkylation sites (N-methyl/N-ethyl adjacent to an activating group) is 1. The molecule has 1 aromatic heterocycles. The summed E-state index contributed by atoms with van der Waals surface area (Å²) in [4.78, 5) is 28.4. The monoisotopic (exact) mass is 463 g/mol. The second-order valence-corrected chi connectivity index (χ2v) is 9.14. The van der Waals surface area contributed by atoms with Gasteiger partial charge in [-0.3, -0.25) is 4.79 Å². The summed E-state index contributed by atoms with van der Waals surface area (Å²) in [5, 5.41) is 10.3. The maximum Gasteiger partial charge on any atom is 0.341 e. The summed E-state index contributed by atoms with van der Waals surface area (Å²) < 4.78 is 22.8. The summed E-state index contributed by atoms with van der Waals surface area (Å²) in [7, 11) is 5.37. The summed E-state index contributed by atoms with van der Waals surface area (Å²) in [5.41, 5.74) is 0.861. The van der Waals surface area contributed by atoms with Gasteiger partial charge >= 0.3 is 5.97 Å². The van der Waals surface area contributed by atoms with Crippen LogP contribution in [0.3, 0.4) is 0 Å². The molecular formula is C23H27ClFN3O4. The number of methoxy groups -OCH3 is 1. The predicted octanol–water partition coefficient (Wildman–Crippen LogP) is 3.84. The van der Waals surface area contributed by atoms with Crippen molar-refractivity contribution < 1.29 is 19.0 Å². The normalized spacial score (nSPS) is 16.7. The molecule has 7 nitrogen and oxygen atoms in total. The molecule has 9 heteroatoms. The number of piperidine rings is 1. The predicted molar refractivity (Wildman–Crippen MR) is 123 cm³/mol. The van der Waals surface area contributed by atoms with Gasteiger partial charge in [0.1, 0.15) is 11.3 Å². The van der Waals surface area contributed by atoms with E-state index in [1.807, 2.05) is 23.9 Å². The first-order valence-corrected chi connectivity index (χ1v) is 11.1. The Hall–Kier alpha value is -2.58. The molecule has 0 radical (unpaired) electrons. The van der Waals surface area contributed by atoms with Crippen LogP contribution in [0.25, 0.3) is 10.9 Å². The molecular weight excluding hydrogens is 437 g/mol. The number of aromatic nitrogens is 1. The van der Waals surface area contributed by atoms with Crippen LogP contribution in [0.2, 0.25) is 0 Å². The van der Waals surface area contributed by atoms with E-state index in [0.29, 0.717) is 43.7 Å². The van der Waals surface area contributed by atoms with Gasteiger partial charge in [-0.1, -0.05) is 17.2 Å². The Morgan fingerprint density at radius 3 is 2.50 bits per heavy atom. The highest BCUT2D eigenvalue weighted by Gasteiger charge is 2.32. The lowest BCUT2D eigenvalue weighted by Gasteiger charge is -2.33. The van der Waals surface area contributed by atoms with Gasteiger partial charge in [0, 0.05) is 36.9 Å². The SMILES string of the molecule is COc1c(N2CCC(=C(Cl)CN(C)C)CC2)c(F)cc2c(=O)c(C(=O)O)cn(C3CC3)c12. The van der Waals surface area contributed by atoms with E-state index in [2.05, 4.69) is 0 Å². The van der Waals surface area contributed by atoms with Crippen LogP contribution >= 0.6 is 11.6 Å². The minimum absolute atomic E-state index is 0.0292. The van der Waals surface area contributed by atoms with Gasteiger partial charge in [0.05, 0.1) is 18.0 Å². The number of ether oxygens (including phenoxy) is 1. The Balaban J connectivity index is 1.81. The lowest BCUT2D eigenvalue weighted by molar-refractivity contribution is 0.0695. The van der Waals surface area contributed by atoms with Crippen molar-refractivity contribution in [2.24, 2.45) is 0 Å². The highest BCUT2D eigenvalue weighted by atomic mass is 35.5. The molecule has 1 N–H and O–H groups in total. The van der Waals surface area contributed by atoms with E-state index < -0.39 is 17.2 Å². The second-order valence-electron chi connectivity index (χ2n) is 8.69. The number of rotatable bonds is 6. The first kappa shape index (κ1) is 22.6. The van der Waals surface area contributed by atoms with Crippen LogP contribution in [0.1, 0.15) is 42.1 Å². The van der Waals surface area contributed by atoms with E-state index in [1.54, 1.807) is 4.57 Å². The number of halogens is 2. The fourth-order valence-corrected chi connectivity index (χ4v) is 4.81.